The van der Waals surface area contributed by atoms with E-state index in [1.807, 2.05) is 12.1 Å². The average Bonchev–Trinajstić information content (AvgIpc) is 3.43. The van der Waals surface area contributed by atoms with Gasteiger partial charge >= 0.3 is 0 Å². The van der Waals surface area contributed by atoms with Crippen LogP contribution in [-0.4, -0.2) is 14.5 Å². The van der Waals surface area contributed by atoms with Crippen molar-refractivity contribution >= 4 is 54.1 Å². The molecular formula is C40H25N3. The molecule has 0 aliphatic carbocycles. The minimum Gasteiger partial charge on any atom is -0.278 e. The minimum atomic E-state index is 0.663. The van der Waals surface area contributed by atoms with E-state index in [1.54, 1.807) is 0 Å². The first-order valence-corrected chi connectivity index (χ1v) is 14.6. The fourth-order valence-corrected chi connectivity index (χ4v) is 6.64. The molecule has 0 aliphatic heterocycles. The topological polar surface area (TPSA) is 30.7 Å². The predicted octanol–water partition coefficient (Wildman–Crippen LogP) is 10.4. The van der Waals surface area contributed by atoms with Crippen LogP contribution in [0.5, 0.6) is 0 Å². The summed E-state index contributed by atoms with van der Waals surface area (Å²) in [5, 5.41) is 9.96. The first kappa shape index (κ1) is 23.9. The molecule has 0 unspecified atom stereocenters. The maximum Gasteiger partial charge on any atom is 0.235 e. The maximum absolute atomic E-state index is 5.21. The molecule has 0 bridgehead atoms. The van der Waals surface area contributed by atoms with Crippen LogP contribution >= 0.6 is 0 Å². The van der Waals surface area contributed by atoms with Crippen molar-refractivity contribution in [3.05, 3.63) is 152 Å². The second-order valence-electron chi connectivity index (χ2n) is 11.0. The van der Waals surface area contributed by atoms with Gasteiger partial charge in [-0.2, -0.15) is 0 Å². The Morgan fingerprint density at radius 3 is 1.70 bits per heavy atom. The van der Waals surface area contributed by atoms with Gasteiger partial charge in [-0.05, 0) is 50.5 Å². The van der Waals surface area contributed by atoms with Crippen LogP contribution in [0.15, 0.2) is 152 Å². The van der Waals surface area contributed by atoms with Crippen LogP contribution in [0.4, 0.5) is 0 Å². The molecule has 0 fully saturated rings. The zero-order valence-electron chi connectivity index (χ0n) is 23.3. The van der Waals surface area contributed by atoms with E-state index in [-0.39, 0.29) is 0 Å². The molecule has 0 saturated carbocycles. The highest BCUT2D eigenvalue weighted by Crippen LogP contribution is 2.41. The van der Waals surface area contributed by atoms with E-state index in [0.29, 0.717) is 5.95 Å². The lowest BCUT2D eigenvalue weighted by molar-refractivity contribution is 0.996. The summed E-state index contributed by atoms with van der Waals surface area (Å²) in [6, 6.07) is 53.6. The van der Waals surface area contributed by atoms with Crippen molar-refractivity contribution in [1.29, 1.82) is 0 Å². The Bertz CT molecular complexity index is 2440. The third-order valence-corrected chi connectivity index (χ3v) is 8.59. The number of aromatic nitrogens is 3. The van der Waals surface area contributed by atoms with Crippen molar-refractivity contribution in [3.8, 4) is 28.5 Å². The lowest BCUT2D eigenvalue weighted by Gasteiger charge is -2.12. The number of hydrogen-bond donors (Lipinski definition) is 0. The summed E-state index contributed by atoms with van der Waals surface area (Å²) in [6.07, 6.45) is 0. The monoisotopic (exact) mass is 547 g/mol. The van der Waals surface area contributed by atoms with Crippen LogP contribution in [0.3, 0.4) is 0 Å². The molecule has 43 heavy (non-hydrogen) atoms. The molecule has 0 aliphatic rings. The molecule has 0 N–H and O–H groups in total. The SMILES string of the molecule is c1ccc(-c2cc(-c3ccccc3)nc(-n3c4ccccc4c4c5c(ccc6c7ccccc7ccc65)ccc43)n2)cc1. The van der Waals surface area contributed by atoms with Crippen LogP contribution in [0.2, 0.25) is 0 Å². The van der Waals surface area contributed by atoms with Crippen molar-refractivity contribution in [2.75, 3.05) is 0 Å². The summed E-state index contributed by atoms with van der Waals surface area (Å²) >= 11 is 0. The molecule has 0 spiro atoms. The quantitative estimate of drug-likeness (QED) is 0.206. The Morgan fingerprint density at radius 2 is 0.953 bits per heavy atom. The normalized spacial score (nSPS) is 11.7. The van der Waals surface area contributed by atoms with Gasteiger partial charge in [0, 0.05) is 21.9 Å². The highest BCUT2D eigenvalue weighted by Gasteiger charge is 2.19. The highest BCUT2D eigenvalue weighted by molar-refractivity contribution is 6.30. The molecule has 200 valence electrons. The Kier molecular flexibility index (Phi) is 5.20. The summed E-state index contributed by atoms with van der Waals surface area (Å²) in [7, 11) is 0. The Labute approximate surface area is 248 Å². The number of fused-ring (bicyclic) bond motifs is 9. The summed E-state index contributed by atoms with van der Waals surface area (Å²) in [5.41, 5.74) is 6.10. The van der Waals surface area contributed by atoms with Crippen LogP contribution in [0.25, 0.3) is 82.6 Å². The third kappa shape index (κ3) is 3.68. The number of benzene rings is 7. The van der Waals surface area contributed by atoms with E-state index >= 15 is 0 Å². The summed E-state index contributed by atoms with van der Waals surface area (Å²) < 4.78 is 2.24. The average molecular weight is 548 g/mol. The van der Waals surface area contributed by atoms with Crippen molar-refractivity contribution in [3.63, 3.8) is 0 Å². The van der Waals surface area contributed by atoms with Gasteiger partial charge in [0.2, 0.25) is 5.95 Å². The Balaban J connectivity index is 1.42. The summed E-state index contributed by atoms with van der Waals surface area (Å²) in [4.78, 5) is 10.4. The third-order valence-electron chi connectivity index (χ3n) is 8.59. The van der Waals surface area contributed by atoms with E-state index in [4.69, 9.17) is 9.97 Å². The van der Waals surface area contributed by atoms with Gasteiger partial charge in [-0.3, -0.25) is 4.57 Å². The molecule has 0 radical (unpaired) electrons. The van der Waals surface area contributed by atoms with E-state index in [9.17, 15) is 0 Å². The van der Waals surface area contributed by atoms with Gasteiger partial charge in [0.05, 0.1) is 22.4 Å². The van der Waals surface area contributed by atoms with Crippen LogP contribution in [0, 0.1) is 0 Å². The molecule has 3 heteroatoms. The zero-order valence-corrected chi connectivity index (χ0v) is 23.3. The highest BCUT2D eigenvalue weighted by atomic mass is 15.2. The molecule has 0 atom stereocenters. The van der Waals surface area contributed by atoms with E-state index < -0.39 is 0 Å². The second-order valence-corrected chi connectivity index (χ2v) is 11.0. The fraction of sp³-hybridized carbons (Fsp3) is 0. The van der Waals surface area contributed by atoms with Crippen LogP contribution in [0.1, 0.15) is 0 Å². The maximum atomic E-state index is 5.21. The van der Waals surface area contributed by atoms with Crippen molar-refractivity contribution < 1.29 is 0 Å². The van der Waals surface area contributed by atoms with Crippen LogP contribution in [-0.2, 0) is 0 Å². The first-order chi connectivity index (χ1) is 21.3. The van der Waals surface area contributed by atoms with Gasteiger partial charge < -0.3 is 0 Å². The lowest BCUT2D eigenvalue weighted by Crippen LogP contribution is -2.04. The molecule has 0 saturated heterocycles. The van der Waals surface area contributed by atoms with E-state index in [1.165, 1.54) is 43.1 Å². The fourth-order valence-electron chi connectivity index (χ4n) is 6.64. The molecule has 2 heterocycles. The smallest absolute Gasteiger partial charge is 0.235 e. The zero-order chi connectivity index (χ0) is 28.3. The van der Waals surface area contributed by atoms with Crippen molar-refractivity contribution in [2.24, 2.45) is 0 Å². The van der Waals surface area contributed by atoms with E-state index in [0.717, 1.165) is 33.5 Å². The van der Waals surface area contributed by atoms with Gasteiger partial charge in [-0.25, -0.2) is 9.97 Å². The molecule has 2 aromatic heterocycles. The van der Waals surface area contributed by atoms with Gasteiger partial charge in [0.15, 0.2) is 0 Å². The number of nitrogens with zero attached hydrogens (tertiary/aromatic N) is 3. The minimum absolute atomic E-state index is 0.663. The molecule has 7 aromatic carbocycles. The molecule has 9 aromatic rings. The largest absolute Gasteiger partial charge is 0.278 e. The van der Waals surface area contributed by atoms with Gasteiger partial charge in [0.25, 0.3) is 0 Å². The molecule has 3 nitrogen and oxygen atoms in total. The first-order valence-electron chi connectivity index (χ1n) is 14.6. The van der Waals surface area contributed by atoms with Gasteiger partial charge in [0.1, 0.15) is 0 Å². The number of para-hydroxylation sites is 1. The van der Waals surface area contributed by atoms with Crippen molar-refractivity contribution in [2.45, 2.75) is 0 Å². The summed E-state index contributed by atoms with van der Waals surface area (Å²) in [6.45, 7) is 0. The lowest BCUT2D eigenvalue weighted by atomic mass is 9.94. The van der Waals surface area contributed by atoms with Gasteiger partial charge in [-0.15, -0.1) is 0 Å². The Morgan fingerprint density at radius 1 is 0.372 bits per heavy atom. The molecule has 9 rings (SSSR count). The number of rotatable bonds is 3. The van der Waals surface area contributed by atoms with Crippen LogP contribution < -0.4 is 0 Å². The second kappa shape index (κ2) is 9.37. The van der Waals surface area contributed by atoms with Crippen molar-refractivity contribution in [1.82, 2.24) is 14.5 Å². The summed E-state index contributed by atoms with van der Waals surface area (Å²) in [5.74, 6) is 0.663. The number of hydrogen-bond acceptors (Lipinski definition) is 2. The molecular weight excluding hydrogens is 522 g/mol. The predicted molar refractivity (Wildman–Crippen MR) is 180 cm³/mol. The Hall–Kier alpha value is -5.80. The van der Waals surface area contributed by atoms with E-state index in [2.05, 4.69) is 144 Å². The molecule has 0 amide bonds. The van der Waals surface area contributed by atoms with Gasteiger partial charge in [-0.1, -0.05) is 133 Å². The standard InChI is InChI=1S/C40H25N3/c1-3-12-27(13-4-1)34-25-35(28-14-5-2-6-15-28)42-40(41-34)43-36-18-10-9-17-33(36)39-37(43)24-21-29-20-22-31-30-16-8-7-11-26(30)19-23-32(31)38(29)39/h1-25H.